The summed E-state index contributed by atoms with van der Waals surface area (Å²) in [6, 6.07) is 4.61. The SMILES string of the molecule is Cc1nc(-c2ccc(Br)s2)nc(C)c1CCNC(C)C. The smallest absolute Gasteiger partial charge is 0.169 e. The van der Waals surface area contributed by atoms with E-state index in [0.29, 0.717) is 6.04 Å². The minimum atomic E-state index is 0.513. The van der Waals surface area contributed by atoms with E-state index in [1.807, 2.05) is 6.07 Å². The van der Waals surface area contributed by atoms with E-state index >= 15 is 0 Å². The highest BCUT2D eigenvalue weighted by atomic mass is 79.9. The fourth-order valence-corrected chi connectivity index (χ4v) is 3.45. The maximum absolute atomic E-state index is 4.67. The lowest BCUT2D eigenvalue weighted by Crippen LogP contribution is -2.25. The van der Waals surface area contributed by atoms with Gasteiger partial charge in [-0.15, -0.1) is 11.3 Å². The molecule has 0 aliphatic heterocycles. The van der Waals surface area contributed by atoms with Crippen LogP contribution in [0.3, 0.4) is 0 Å². The van der Waals surface area contributed by atoms with Crippen molar-refractivity contribution in [3.63, 3.8) is 0 Å². The van der Waals surface area contributed by atoms with Crippen molar-refractivity contribution < 1.29 is 0 Å². The summed E-state index contributed by atoms with van der Waals surface area (Å²) >= 11 is 5.15. The lowest BCUT2D eigenvalue weighted by molar-refractivity contribution is 0.588. The zero-order valence-corrected chi connectivity index (χ0v) is 14.7. The first kappa shape index (κ1) is 15.6. The second-order valence-electron chi connectivity index (χ2n) is 5.16. The third kappa shape index (κ3) is 3.87. The largest absolute Gasteiger partial charge is 0.314 e. The first-order chi connectivity index (χ1) is 9.47. The molecule has 2 heterocycles. The van der Waals surface area contributed by atoms with Gasteiger partial charge in [-0.1, -0.05) is 13.8 Å². The summed E-state index contributed by atoms with van der Waals surface area (Å²) in [6.45, 7) is 9.44. The van der Waals surface area contributed by atoms with Crippen LogP contribution in [0.15, 0.2) is 15.9 Å². The first-order valence-corrected chi connectivity index (χ1v) is 8.41. The van der Waals surface area contributed by atoms with Crippen LogP contribution in [0.5, 0.6) is 0 Å². The van der Waals surface area contributed by atoms with Gasteiger partial charge in [0.1, 0.15) is 0 Å². The van der Waals surface area contributed by atoms with Crippen molar-refractivity contribution in [1.82, 2.24) is 15.3 Å². The summed E-state index contributed by atoms with van der Waals surface area (Å²) < 4.78 is 1.11. The Hall–Kier alpha value is -0.780. The number of hydrogen-bond acceptors (Lipinski definition) is 4. The van der Waals surface area contributed by atoms with Crippen LogP contribution in [0.25, 0.3) is 10.7 Å². The Kier molecular flexibility index (Phi) is 5.29. The van der Waals surface area contributed by atoms with Crippen LogP contribution in [0.1, 0.15) is 30.8 Å². The number of thiophene rings is 1. The molecule has 2 aromatic heterocycles. The van der Waals surface area contributed by atoms with Gasteiger partial charge in [0.2, 0.25) is 0 Å². The number of rotatable bonds is 5. The van der Waals surface area contributed by atoms with Gasteiger partial charge in [-0.05, 0) is 60.4 Å². The molecule has 0 bridgehead atoms. The summed E-state index contributed by atoms with van der Waals surface area (Å²) in [5, 5.41) is 3.44. The Labute approximate surface area is 133 Å². The zero-order valence-electron chi connectivity index (χ0n) is 12.3. The molecule has 108 valence electrons. The summed E-state index contributed by atoms with van der Waals surface area (Å²) in [7, 11) is 0. The van der Waals surface area contributed by atoms with Gasteiger partial charge in [0, 0.05) is 17.4 Å². The lowest BCUT2D eigenvalue weighted by atomic mass is 10.1. The van der Waals surface area contributed by atoms with Crippen molar-refractivity contribution >= 4 is 27.3 Å². The molecule has 0 saturated carbocycles. The standard InChI is InChI=1S/C15H20BrN3S/c1-9(2)17-8-7-12-10(3)18-15(19-11(12)4)13-5-6-14(16)20-13/h5-6,9,17H,7-8H2,1-4H3. The van der Waals surface area contributed by atoms with Gasteiger partial charge in [-0.2, -0.15) is 0 Å². The predicted octanol–water partition coefficient (Wildman–Crippen LogP) is 4.12. The minimum absolute atomic E-state index is 0.513. The number of aryl methyl sites for hydroxylation is 2. The van der Waals surface area contributed by atoms with Gasteiger partial charge in [-0.3, -0.25) is 0 Å². The summed E-state index contributed by atoms with van der Waals surface area (Å²) in [5.74, 6) is 0.830. The maximum Gasteiger partial charge on any atom is 0.169 e. The molecule has 5 heteroatoms. The first-order valence-electron chi connectivity index (χ1n) is 6.80. The van der Waals surface area contributed by atoms with Crippen LogP contribution >= 0.6 is 27.3 Å². The molecule has 1 N–H and O–H groups in total. The second kappa shape index (κ2) is 6.78. The average molecular weight is 354 g/mol. The topological polar surface area (TPSA) is 37.8 Å². The van der Waals surface area contributed by atoms with Gasteiger partial charge < -0.3 is 5.32 Å². The van der Waals surface area contributed by atoms with Crippen molar-refractivity contribution in [3.8, 4) is 10.7 Å². The summed E-state index contributed by atoms with van der Waals surface area (Å²) in [4.78, 5) is 10.4. The van der Waals surface area contributed by atoms with E-state index in [9.17, 15) is 0 Å². The third-order valence-corrected chi connectivity index (χ3v) is 4.76. The molecule has 2 aromatic rings. The molecule has 0 aromatic carbocycles. The van der Waals surface area contributed by atoms with E-state index in [1.165, 1.54) is 5.56 Å². The molecule has 2 rings (SSSR count). The van der Waals surface area contributed by atoms with E-state index in [0.717, 1.165) is 38.8 Å². The molecule has 0 spiro atoms. The van der Waals surface area contributed by atoms with Gasteiger partial charge in [0.15, 0.2) is 5.82 Å². The Morgan fingerprint density at radius 2 is 1.85 bits per heavy atom. The molecule has 20 heavy (non-hydrogen) atoms. The molecule has 0 unspecified atom stereocenters. The Morgan fingerprint density at radius 1 is 1.20 bits per heavy atom. The van der Waals surface area contributed by atoms with Gasteiger partial charge in [-0.25, -0.2) is 9.97 Å². The van der Waals surface area contributed by atoms with E-state index in [-0.39, 0.29) is 0 Å². The number of halogens is 1. The van der Waals surface area contributed by atoms with Gasteiger partial charge in [0.05, 0.1) is 8.66 Å². The third-order valence-electron chi connectivity index (χ3n) is 3.14. The highest BCUT2D eigenvalue weighted by Gasteiger charge is 2.11. The molecule has 0 amide bonds. The van der Waals surface area contributed by atoms with Crippen LogP contribution in [0, 0.1) is 13.8 Å². The number of nitrogens with zero attached hydrogens (tertiary/aromatic N) is 2. The monoisotopic (exact) mass is 353 g/mol. The number of aromatic nitrogens is 2. The van der Waals surface area contributed by atoms with Crippen LogP contribution in [-0.2, 0) is 6.42 Å². The number of nitrogens with one attached hydrogen (secondary N) is 1. The molecule has 0 fully saturated rings. The van der Waals surface area contributed by atoms with E-state index in [1.54, 1.807) is 11.3 Å². The Bertz CT molecular complexity index is 570. The number of hydrogen-bond donors (Lipinski definition) is 1. The molecule has 0 aliphatic carbocycles. The van der Waals surface area contributed by atoms with E-state index in [4.69, 9.17) is 0 Å². The quantitative estimate of drug-likeness (QED) is 0.878. The van der Waals surface area contributed by atoms with Crippen LogP contribution in [0.4, 0.5) is 0 Å². The zero-order chi connectivity index (χ0) is 14.7. The van der Waals surface area contributed by atoms with Crippen molar-refractivity contribution in [2.45, 2.75) is 40.2 Å². The summed E-state index contributed by atoms with van der Waals surface area (Å²) in [5.41, 5.74) is 3.43. The second-order valence-corrected chi connectivity index (χ2v) is 7.62. The van der Waals surface area contributed by atoms with Crippen molar-refractivity contribution in [2.24, 2.45) is 0 Å². The fourth-order valence-electron chi connectivity index (χ4n) is 2.13. The molecular weight excluding hydrogens is 334 g/mol. The fraction of sp³-hybridized carbons (Fsp3) is 0.467. The highest BCUT2D eigenvalue weighted by molar-refractivity contribution is 9.11. The normalized spacial score (nSPS) is 11.3. The van der Waals surface area contributed by atoms with Gasteiger partial charge in [0.25, 0.3) is 0 Å². The maximum atomic E-state index is 4.67. The van der Waals surface area contributed by atoms with Crippen molar-refractivity contribution in [1.29, 1.82) is 0 Å². The molecular formula is C15H20BrN3S. The molecule has 0 saturated heterocycles. The molecule has 0 atom stereocenters. The van der Waals surface area contributed by atoms with Crippen LogP contribution < -0.4 is 5.32 Å². The van der Waals surface area contributed by atoms with Crippen LogP contribution in [0.2, 0.25) is 0 Å². The lowest BCUT2D eigenvalue weighted by Gasteiger charge is -2.12. The minimum Gasteiger partial charge on any atom is -0.314 e. The molecule has 0 radical (unpaired) electrons. The Balaban J connectivity index is 2.20. The average Bonchev–Trinajstić information content (AvgIpc) is 2.79. The highest BCUT2D eigenvalue weighted by Crippen LogP contribution is 2.29. The molecule has 3 nitrogen and oxygen atoms in total. The van der Waals surface area contributed by atoms with Crippen LogP contribution in [-0.4, -0.2) is 22.6 Å². The predicted molar refractivity (Wildman–Crippen MR) is 89.4 cm³/mol. The van der Waals surface area contributed by atoms with Crippen molar-refractivity contribution in [3.05, 3.63) is 32.9 Å². The summed E-state index contributed by atoms with van der Waals surface area (Å²) in [6.07, 6.45) is 0.976. The van der Waals surface area contributed by atoms with E-state index < -0.39 is 0 Å². The Morgan fingerprint density at radius 3 is 2.35 bits per heavy atom. The van der Waals surface area contributed by atoms with Crippen molar-refractivity contribution in [2.75, 3.05) is 6.54 Å². The molecule has 0 aliphatic rings. The van der Waals surface area contributed by atoms with E-state index in [2.05, 4.69) is 65.0 Å². The van der Waals surface area contributed by atoms with Gasteiger partial charge >= 0.3 is 0 Å².